The monoisotopic (exact) mass is 226 g/mol. The highest BCUT2D eigenvalue weighted by Crippen LogP contribution is 2.02. The number of rotatable bonds is 8. The van der Waals surface area contributed by atoms with Gasteiger partial charge in [-0.25, -0.2) is 0 Å². The van der Waals surface area contributed by atoms with Gasteiger partial charge in [-0.2, -0.15) is 0 Å². The van der Waals surface area contributed by atoms with Crippen molar-refractivity contribution in [3.63, 3.8) is 0 Å². The van der Waals surface area contributed by atoms with E-state index in [1.54, 1.807) is 0 Å². The smallest absolute Gasteiger partial charge is 0.0443 e. The Morgan fingerprint density at radius 2 is 2.12 bits per heavy atom. The average molecular weight is 226 g/mol. The first-order chi connectivity index (χ1) is 7.61. The number of hydrogen-bond donors (Lipinski definition) is 3. The summed E-state index contributed by atoms with van der Waals surface area (Å²) in [5, 5.41) is 3.26. The first-order valence-electron chi connectivity index (χ1n) is 6.03. The van der Waals surface area contributed by atoms with Gasteiger partial charge in [0.15, 0.2) is 0 Å². The van der Waals surface area contributed by atoms with Crippen LogP contribution < -0.4 is 16.8 Å². The van der Waals surface area contributed by atoms with Gasteiger partial charge in [0.1, 0.15) is 0 Å². The van der Waals surface area contributed by atoms with Crippen LogP contribution in [0.1, 0.15) is 33.6 Å². The van der Waals surface area contributed by atoms with Crippen molar-refractivity contribution in [2.24, 2.45) is 16.5 Å². The number of aliphatic imine (C=N–C) groups is 1. The zero-order valence-electron chi connectivity index (χ0n) is 10.8. The summed E-state index contributed by atoms with van der Waals surface area (Å²) < 4.78 is 0. The van der Waals surface area contributed by atoms with Crippen LogP contribution in [-0.4, -0.2) is 31.9 Å². The third-order valence-corrected chi connectivity index (χ3v) is 2.20. The summed E-state index contributed by atoms with van der Waals surface area (Å²) in [5.41, 5.74) is 13.4. The van der Waals surface area contributed by atoms with Gasteiger partial charge < -0.3 is 16.8 Å². The Morgan fingerprint density at radius 1 is 1.44 bits per heavy atom. The van der Waals surface area contributed by atoms with E-state index in [1.165, 1.54) is 0 Å². The van der Waals surface area contributed by atoms with Gasteiger partial charge >= 0.3 is 0 Å². The molecule has 94 valence electrons. The van der Waals surface area contributed by atoms with E-state index in [9.17, 15) is 0 Å². The molecule has 5 N–H and O–H groups in total. The van der Waals surface area contributed by atoms with Crippen molar-refractivity contribution in [2.45, 2.75) is 39.7 Å². The molecule has 16 heavy (non-hydrogen) atoms. The fourth-order valence-electron chi connectivity index (χ4n) is 1.20. The van der Waals surface area contributed by atoms with Crippen LogP contribution in [-0.2, 0) is 0 Å². The lowest BCUT2D eigenvalue weighted by Crippen LogP contribution is -2.25. The molecule has 0 aromatic rings. The lowest BCUT2D eigenvalue weighted by molar-refractivity contribution is 0.683. The normalized spacial score (nSPS) is 13.6. The molecule has 0 bridgehead atoms. The molecule has 0 saturated heterocycles. The van der Waals surface area contributed by atoms with E-state index in [0.29, 0.717) is 19.1 Å². The van der Waals surface area contributed by atoms with E-state index >= 15 is 0 Å². The van der Waals surface area contributed by atoms with E-state index in [0.717, 1.165) is 30.7 Å². The predicted molar refractivity (Wildman–Crippen MR) is 71.7 cm³/mol. The fraction of sp³-hybridized carbons (Fsp3) is 0.750. The first-order valence-corrected chi connectivity index (χ1v) is 6.03. The Hall–Kier alpha value is -0.870. The maximum absolute atomic E-state index is 5.99. The molecule has 0 aliphatic heterocycles. The molecule has 0 rings (SSSR count). The second kappa shape index (κ2) is 9.36. The lowest BCUT2D eigenvalue weighted by Gasteiger charge is -2.08. The van der Waals surface area contributed by atoms with Crippen LogP contribution in [0, 0.1) is 0 Å². The van der Waals surface area contributed by atoms with Gasteiger partial charge in [-0.15, -0.1) is 0 Å². The summed E-state index contributed by atoms with van der Waals surface area (Å²) in [7, 11) is 0. The number of hydrogen-bond acceptors (Lipinski definition) is 4. The third-order valence-electron chi connectivity index (χ3n) is 2.20. The molecule has 0 heterocycles. The van der Waals surface area contributed by atoms with Gasteiger partial charge in [0.25, 0.3) is 0 Å². The zero-order chi connectivity index (χ0) is 12.4. The minimum Gasteiger partial charge on any atom is -0.401 e. The summed E-state index contributed by atoms with van der Waals surface area (Å²) >= 11 is 0. The molecule has 0 radical (unpaired) electrons. The van der Waals surface area contributed by atoms with Crippen molar-refractivity contribution in [1.29, 1.82) is 0 Å². The SMILES string of the molecule is CCC(C=NC(C)C)=C(N)CNCCCN. The Morgan fingerprint density at radius 3 is 2.62 bits per heavy atom. The molecule has 0 atom stereocenters. The highest BCUT2D eigenvalue weighted by molar-refractivity contribution is 5.79. The summed E-state index contributed by atoms with van der Waals surface area (Å²) in [5.74, 6) is 0. The molecular formula is C12H26N4. The molecule has 0 aliphatic carbocycles. The molecule has 0 aliphatic rings. The lowest BCUT2D eigenvalue weighted by atomic mass is 10.1. The second-order valence-corrected chi connectivity index (χ2v) is 4.09. The van der Waals surface area contributed by atoms with E-state index in [2.05, 4.69) is 31.1 Å². The first kappa shape index (κ1) is 15.1. The molecule has 4 heteroatoms. The van der Waals surface area contributed by atoms with Crippen LogP contribution in [0.15, 0.2) is 16.3 Å². The molecule has 0 aromatic heterocycles. The topological polar surface area (TPSA) is 76.4 Å². The van der Waals surface area contributed by atoms with Gasteiger partial charge in [-0.3, -0.25) is 4.99 Å². The number of allylic oxidation sites excluding steroid dienone is 1. The minimum atomic E-state index is 0.319. The second-order valence-electron chi connectivity index (χ2n) is 4.09. The van der Waals surface area contributed by atoms with Gasteiger partial charge in [0.2, 0.25) is 0 Å². The van der Waals surface area contributed by atoms with Gasteiger partial charge in [-0.05, 0) is 45.4 Å². The fourth-order valence-corrected chi connectivity index (χ4v) is 1.20. The highest BCUT2D eigenvalue weighted by atomic mass is 14.9. The van der Waals surface area contributed by atoms with Crippen LogP contribution in [0.4, 0.5) is 0 Å². The summed E-state index contributed by atoms with van der Waals surface area (Å²) in [6.45, 7) is 8.54. The minimum absolute atomic E-state index is 0.319. The predicted octanol–water partition coefficient (Wildman–Crippen LogP) is 1.03. The molecule has 0 spiro atoms. The van der Waals surface area contributed by atoms with Crippen LogP contribution in [0.25, 0.3) is 0 Å². The van der Waals surface area contributed by atoms with Crippen molar-refractivity contribution in [2.75, 3.05) is 19.6 Å². The summed E-state index contributed by atoms with van der Waals surface area (Å²) in [6.07, 6.45) is 3.79. The number of nitrogens with one attached hydrogen (secondary N) is 1. The van der Waals surface area contributed by atoms with Crippen molar-refractivity contribution in [3.05, 3.63) is 11.3 Å². The van der Waals surface area contributed by atoms with Gasteiger partial charge in [0.05, 0.1) is 0 Å². The maximum atomic E-state index is 5.99. The van der Waals surface area contributed by atoms with Crippen LogP contribution in [0.3, 0.4) is 0 Å². The van der Waals surface area contributed by atoms with E-state index < -0.39 is 0 Å². The maximum Gasteiger partial charge on any atom is 0.0443 e. The molecular weight excluding hydrogens is 200 g/mol. The molecule has 0 saturated carbocycles. The summed E-state index contributed by atoms with van der Waals surface area (Å²) in [4.78, 5) is 4.35. The zero-order valence-corrected chi connectivity index (χ0v) is 10.8. The quantitative estimate of drug-likeness (QED) is 0.427. The van der Waals surface area contributed by atoms with Crippen LogP contribution >= 0.6 is 0 Å². The van der Waals surface area contributed by atoms with Gasteiger partial charge in [0, 0.05) is 24.5 Å². The Bertz CT molecular complexity index is 231. The standard InChI is InChI=1S/C12H26N4/c1-4-11(8-16-10(2)3)12(14)9-15-7-5-6-13/h8,10,15H,4-7,9,13-14H2,1-3H3. The van der Waals surface area contributed by atoms with Crippen LogP contribution in [0.5, 0.6) is 0 Å². The van der Waals surface area contributed by atoms with Gasteiger partial charge in [-0.1, -0.05) is 6.92 Å². The molecule has 4 nitrogen and oxygen atoms in total. The third kappa shape index (κ3) is 7.43. The average Bonchev–Trinajstić information content (AvgIpc) is 2.25. The van der Waals surface area contributed by atoms with Crippen molar-refractivity contribution >= 4 is 6.21 Å². The molecule has 0 unspecified atom stereocenters. The van der Waals surface area contributed by atoms with Crippen molar-refractivity contribution < 1.29 is 0 Å². The largest absolute Gasteiger partial charge is 0.401 e. The van der Waals surface area contributed by atoms with Crippen molar-refractivity contribution in [3.8, 4) is 0 Å². The number of nitrogens with two attached hydrogens (primary N) is 2. The van der Waals surface area contributed by atoms with Crippen LogP contribution in [0.2, 0.25) is 0 Å². The summed E-state index contributed by atoms with van der Waals surface area (Å²) in [6, 6.07) is 0.319. The van der Waals surface area contributed by atoms with E-state index in [-0.39, 0.29) is 0 Å². The molecule has 0 aromatic carbocycles. The van der Waals surface area contributed by atoms with Crippen molar-refractivity contribution in [1.82, 2.24) is 5.32 Å². The number of nitrogens with zero attached hydrogens (tertiary/aromatic N) is 1. The Balaban J connectivity index is 4.16. The Kier molecular flexibility index (Phi) is 8.85. The van der Waals surface area contributed by atoms with E-state index in [4.69, 9.17) is 11.5 Å². The molecule has 0 amide bonds. The Labute approximate surface area is 99.2 Å². The highest BCUT2D eigenvalue weighted by Gasteiger charge is 1.99. The molecule has 0 fully saturated rings. The van der Waals surface area contributed by atoms with E-state index in [1.807, 2.05) is 6.21 Å².